The minimum absolute atomic E-state index is 0.0302. The number of esters is 2. The standard InChI is InChI=1S/C33H65NO6/c1-5-7-9-11-13-15-17-19-21-23-31(35)38-28-30(27-37-26-25-33(3,4)39-29-34)40-32(36)24-22-20-18-16-14-12-10-8-6-2/h30H,5-29,34H2,1-4H3. The Bertz CT molecular complexity index is 583. The van der Waals surface area contributed by atoms with Gasteiger partial charge in [0.2, 0.25) is 0 Å². The van der Waals surface area contributed by atoms with Gasteiger partial charge in [0.25, 0.3) is 0 Å². The first-order valence-electron chi connectivity index (χ1n) is 16.6. The van der Waals surface area contributed by atoms with Crippen molar-refractivity contribution in [3.8, 4) is 0 Å². The van der Waals surface area contributed by atoms with E-state index < -0.39 is 6.10 Å². The number of carbonyl (C=O) groups excluding carboxylic acids is 2. The van der Waals surface area contributed by atoms with Crippen molar-refractivity contribution in [2.45, 2.75) is 174 Å². The van der Waals surface area contributed by atoms with Crippen LogP contribution in [-0.4, -0.2) is 50.2 Å². The molecule has 238 valence electrons. The molecule has 0 rings (SSSR count). The van der Waals surface area contributed by atoms with Crippen molar-refractivity contribution in [3.05, 3.63) is 0 Å². The second-order valence-corrected chi connectivity index (χ2v) is 11.8. The Morgan fingerprint density at radius 1 is 0.650 bits per heavy atom. The van der Waals surface area contributed by atoms with Gasteiger partial charge in [-0.3, -0.25) is 9.59 Å². The van der Waals surface area contributed by atoms with Gasteiger partial charge in [-0.2, -0.15) is 0 Å². The highest BCUT2D eigenvalue weighted by atomic mass is 16.6. The van der Waals surface area contributed by atoms with Crippen LogP contribution in [0, 0.1) is 0 Å². The molecule has 0 aliphatic carbocycles. The fourth-order valence-corrected chi connectivity index (χ4v) is 4.61. The highest BCUT2D eigenvalue weighted by Gasteiger charge is 2.20. The third-order valence-electron chi connectivity index (χ3n) is 7.32. The molecule has 0 saturated carbocycles. The summed E-state index contributed by atoms with van der Waals surface area (Å²) in [6.45, 7) is 9.19. The predicted octanol–water partition coefficient (Wildman–Crippen LogP) is 8.40. The zero-order chi connectivity index (χ0) is 29.7. The summed E-state index contributed by atoms with van der Waals surface area (Å²) in [4.78, 5) is 24.8. The van der Waals surface area contributed by atoms with Gasteiger partial charge in [0.15, 0.2) is 6.10 Å². The lowest BCUT2D eigenvalue weighted by molar-refractivity contribution is -0.163. The molecule has 0 aliphatic rings. The van der Waals surface area contributed by atoms with Crippen molar-refractivity contribution in [2.24, 2.45) is 5.73 Å². The molecule has 0 radical (unpaired) electrons. The Morgan fingerprint density at radius 2 is 1.10 bits per heavy atom. The van der Waals surface area contributed by atoms with E-state index in [0.29, 0.717) is 25.9 Å². The van der Waals surface area contributed by atoms with E-state index in [0.717, 1.165) is 38.5 Å². The van der Waals surface area contributed by atoms with E-state index in [2.05, 4.69) is 13.8 Å². The van der Waals surface area contributed by atoms with E-state index in [1.54, 1.807) is 0 Å². The third kappa shape index (κ3) is 27.0. The van der Waals surface area contributed by atoms with Gasteiger partial charge in [0.05, 0.1) is 18.9 Å². The van der Waals surface area contributed by atoms with E-state index >= 15 is 0 Å². The highest BCUT2D eigenvalue weighted by Crippen LogP contribution is 2.15. The number of nitrogens with two attached hydrogens (primary N) is 1. The van der Waals surface area contributed by atoms with Crippen LogP contribution in [0.1, 0.15) is 163 Å². The monoisotopic (exact) mass is 571 g/mol. The van der Waals surface area contributed by atoms with Crippen LogP contribution < -0.4 is 5.73 Å². The van der Waals surface area contributed by atoms with E-state index in [9.17, 15) is 9.59 Å². The molecule has 0 bridgehead atoms. The lowest BCUT2D eigenvalue weighted by Gasteiger charge is -2.25. The van der Waals surface area contributed by atoms with Crippen molar-refractivity contribution in [1.82, 2.24) is 0 Å². The van der Waals surface area contributed by atoms with Crippen LogP contribution in [0.25, 0.3) is 0 Å². The smallest absolute Gasteiger partial charge is 0.306 e. The summed E-state index contributed by atoms with van der Waals surface area (Å²) in [5.41, 5.74) is 5.10. The summed E-state index contributed by atoms with van der Waals surface area (Å²) in [5.74, 6) is -0.487. The van der Waals surface area contributed by atoms with Gasteiger partial charge < -0.3 is 24.7 Å². The van der Waals surface area contributed by atoms with E-state index in [1.807, 2.05) is 13.8 Å². The predicted molar refractivity (Wildman–Crippen MR) is 164 cm³/mol. The largest absolute Gasteiger partial charge is 0.462 e. The maximum Gasteiger partial charge on any atom is 0.306 e. The van der Waals surface area contributed by atoms with Gasteiger partial charge >= 0.3 is 11.9 Å². The first-order valence-corrected chi connectivity index (χ1v) is 16.6. The molecule has 7 heteroatoms. The van der Waals surface area contributed by atoms with Crippen molar-refractivity contribution in [2.75, 3.05) is 26.6 Å². The number of ether oxygens (including phenoxy) is 4. The molecule has 0 amide bonds. The first-order chi connectivity index (χ1) is 19.3. The molecular formula is C33H65NO6. The van der Waals surface area contributed by atoms with Crippen molar-refractivity contribution in [3.63, 3.8) is 0 Å². The molecule has 0 aromatic heterocycles. The molecule has 0 fully saturated rings. The van der Waals surface area contributed by atoms with Gasteiger partial charge in [-0.1, -0.05) is 117 Å². The quantitative estimate of drug-likeness (QED) is 0.0525. The highest BCUT2D eigenvalue weighted by molar-refractivity contribution is 5.70. The summed E-state index contributed by atoms with van der Waals surface area (Å²) in [5, 5.41) is 0. The summed E-state index contributed by atoms with van der Waals surface area (Å²) < 4.78 is 22.4. The molecular weight excluding hydrogens is 506 g/mol. The van der Waals surface area contributed by atoms with Gasteiger partial charge in [0, 0.05) is 19.4 Å². The normalized spacial score (nSPS) is 12.4. The number of carbonyl (C=O) groups is 2. The summed E-state index contributed by atoms with van der Waals surface area (Å²) in [6.07, 6.45) is 22.4. The molecule has 1 atom stereocenters. The van der Waals surface area contributed by atoms with Gasteiger partial charge in [0.1, 0.15) is 6.61 Å². The van der Waals surface area contributed by atoms with E-state index in [4.69, 9.17) is 24.7 Å². The van der Waals surface area contributed by atoms with Gasteiger partial charge in [-0.25, -0.2) is 0 Å². The molecule has 0 aromatic rings. The molecule has 0 aromatic carbocycles. The minimum Gasteiger partial charge on any atom is -0.462 e. The molecule has 2 N–H and O–H groups in total. The summed E-state index contributed by atoms with van der Waals surface area (Å²) >= 11 is 0. The Kier molecular flexibility index (Phi) is 27.1. The Labute approximate surface area is 247 Å². The topological polar surface area (TPSA) is 97.1 Å². The molecule has 7 nitrogen and oxygen atoms in total. The first kappa shape index (κ1) is 38.8. The van der Waals surface area contributed by atoms with Crippen molar-refractivity contribution in [1.29, 1.82) is 0 Å². The van der Waals surface area contributed by atoms with E-state index in [-0.39, 0.29) is 37.5 Å². The lowest BCUT2D eigenvalue weighted by atomic mass is 10.1. The minimum atomic E-state index is -0.600. The Balaban J connectivity index is 4.30. The molecule has 1 unspecified atom stereocenters. The van der Waals surface area contributed by atoms with Crippen LogP contribution in [0.15, 0.2) is 0 Å². The fraction of sp³-hybridized carbons (Fsp3) is 0.939. The SMILES string of the molecule is CCCCCCCCCCCC(=O)OCC(COCCC(C)(C)OCN)OC(=O)CCCCCCCCCCC. The summed E-state index contributed by atoms with van der Waals surface area (Å²) in [6, 6.07) is 0. The number of rotatable bonds is 30. The maximum atomic E-state index is 12.5. The summed E-state index contributed by atoms with van der Waals surface area (Å²) in [7, 11) is 0. The lowest BCUT2D eigenvalue weighted by Crippen LogP contribution is -2.32. The molecule has 0 heterocycles. The van der Waals surface area contributed by atoms with Crippen LogP contribution in [0.3, 0.4) is 0 Å². The zero-order valence-electron chi connectivity index (χ0n) is 26.8. The average molecular weight is 572 g/mol. The molecule has 0 aliphatic heterocycles. The number of unbranched alkanes of at least 4 members (excludes halogenated alkanes) is 16. The second kappa shape index (κ2) is 28.0. The van der Waals surface area contributed by atoms with Gasteiger partial charge in [-0.15, -0.1) is 0 Å². The molecule has 40 heavy (non-hydrogen) atoms. The van der Waals surface area contributed by atoms with Crippen LogP contribution in [-0.2, 0) is 28.5 Å². The maximum absolute atomic E-state index is 12.5. The number of hydrogen-bond donors (Lipinski definition) is 1. The Hall–Kier alpha value is -1.18. The zero-order valence-corrected chi connectivity index (χ0v) is 26.8. The Morgan fingerprint density at radius 3 is 1.57 bits per heavy atom. The number of hydrogen-bond acceptors (Lipinski definition) is 7. The van der Waals surface area contributed by atoms with Crippen LogP contribution >= 0.6 is 0 Å². The van der Waals surface area contributed by atoms with Gasteiger partial charge in [-0.05, 0) is 33.1 Å². The van der Waals surface area contributed by atoms with E-state index in [1.165, 1.54) is 77.0 Å². The average Bonchev–Trinajstić information content (AvgIpc) is 2.92. The molecule has 0 spiro atoms. The van der Waals surface area contributed by atoms with Crippen molar-refractivity contribution >= 4 is 11.9 Å². The van der Waals surface area contributed by atoms with Crippen LogP contribution in [0.2, 0.25) is 0 Å². The second-order valence-electron chi connectivity index (χ2n) is 11.8. The fourth-order valence-electron chi connectivity index (χ4n) is 4.61. The van der Waals surface area contributed by atoms with Crippen LogP contribution in [0.5, 0.6) is 0 Å². The third-order valence-corrected chi connectivity index (χ3v) is 7.32. The van der Waals surface area contributed by atoms with Crippen molar-refractivity contribution < 1.29 is 28.5 Å². The van der Waals surface area contributed by atoms with Crippen LogP contribution in [0.4, 0.5) is 0 Å². The molecule has 0 saturated heterocycles.